The molecular formula is C9H15NO2S. The van der Waals surface area contributed by atoms with Crippen LogP contribution >= 0.6 is 11.3 Å². The van der Waals surface area contributed by atoms with Crippen molar-refractivity contribution in [3.8, 4) is 0 Å². The molecule has 0 aliphatic rings. The summed E-state index contributed by atoms with van der Waals surface area (Å²) in [5.74, 6) is 0. The van der Waals surface area contributed by atoms with Crippen LogP contribution in [0.25, 0.3) is 0 Å². The highest BCUT2D eigenvalue weighted by molar-refractivity contribution is 7.10. The Morgan fingerprint density at radius 3 is 3.15 bits per heavy atom. The first-order chi connectivity index (χ1) is 6.34. The first kappa shape index (κ1) is 10.7. The fourth-order valence-electron chi connectivity index (χ4n) is 1.04. The summed E-state index contributed by atoms with van der Waals surface area (Å²) in [4.78, 5) is 1.03. The number of nitrogens with one attached hydrogen (secondary N) is 1. The van der Waals surface area contributed by atoms with Crippen LogP contribution < -0.4 is 5.32 Å². The lowest BCUT2D eigenvalue weighted by Crippen LogP contribution is -2.19. The Morgan fingerprint density at radius 2 is 2.54 bits per heavy atom. The minimum absolute atomic E-state index is 0.343. The Balaban J connectivity index is 2.15. The van der Waals surface area contributed by atoms with Gasteiger partial charge in [0.2, 0.25) is 0 Å². The molecule has 1 aromatic heterocycles. The number of ether oxygens (including phenoxy) is 1. The first-order valence-corrected chi connectivity index (χ1v) is 5.13. The van der Waals surface area contributed by atoms with Crippen LogP contribution in [0, 0.1) is 0 Å². The largest absolute Gasteiger partial charge is 0.388 e. The zero-order chi connectivity index (χ0) is 9.52. The summed E-state index contributed by atoms with van der Waals surface area (Å²) in [7, 11) is 1.64. The molecule has 1 rings (SSSR count). The zero-order valence-corrected chi connectivity index (χ0v) is 8.51. The van der Waals surface area contributed by atoms with E-state index in [1.807, 2.05) is 17.5 Å². The quantitative estimate of drug-likeness (QED) is 0.539. The van der Waals surface area contributed by atoms with E-state index in [1.54, 1.807) is 18.4 Å². The molecule has 0 aromatic carbocycles. The maximum Gasteiger partial charge on any atom is 0.0961 e. The first-order valence-electron chi connectivity index (χ1n) is 4.25. The summed E-state index contributed by atoms with van der Waals surface area (Å²) in [5.41, 5.74) is 0. The molecule has 0 spiro atoms. The van der Waals surface area contributed by atoms with E-state index in [0.717, 1.165) is 17.8 Å². The normalized spacial score (nSPS) is 13.1. The Kier molecular flexibility index (Phi) is 5.00. The molecule has 0 fully saturated rings. The summed E-state index contributed by atoms with van der Waals surface area (Å²) in [5, 5.41) is 14.7. The van der Waals surface area contributed by atoms with Crippen molar-refractivity contribution in [1.82, 2.24) is 5.32 Å². The standard InChI is InChI=1S/C9H15NO2S/c1-12-7-10-5-4-8(11)9-3-2-6-13-9/h2-3,6,8,10-11H,4-5,7H2,1H3/t8-/m0/s1. The molecule has 1 aromatic rings. The third-order valence-corrected chi connectivity index (χ3v) is 2.69. The van der Waals surface area contributed by atoms with Crippen LogP contribution in [-0.4, -0.2) is 25.5 Å². The highest BCUT2D eigenvalue weighted by Crippen LogP contribution is 2.20. The van der Waals surface area contributed by atoms with Crippen LogP contribution in [0.1, 0.15) is 17.4 Å². The zero-order valence-electron chi connectivity index (χ0n) is 7.69. The summed E-state index contributed by atoms with van der Waals surface area (Å²) in [6.07, 6.45) is 0.383. The van der Waals surface area contributed by atoms with Gasteiger partial charge in [-0.05, 0) is 17.9 Å². The van der Waals surface area contributed by atoms with Gasteiger partial charge in [0.15, 0.2) is 0 Å². The molecule has 74 valence electrons. The highest BCUT2D eigenvalue weighted by Gasteiger charge is 2.06. The number of thiophene rings is 1. The molecule has 3 nitrogen and oxygen atoms in total. The maximum atomic E-state index is 9.64. The van der Waals surface area contributed by atoms with Crippen LogP contribution in [-0.2, 0) is 4.74 Å². The van der Waals surface area contributed by atoms with Crippen molar-refractivity contribution in [2.24, 2.45) is 0 Å². The minimum atomic E-state index is -0.343. The Labute approximate surface area is 82.4 Å². The van der Waals surface area contributed by atoms with E-state index in [4.69, 9.17) is 4.74 Å². The second-order valence-electron chi connectivity index (χ2n) is 2.75. The molecule has 1 atom stereocenters. The predicted molar refractivity (Wildman–Crippen MR) is 53.8 cm³/mol. The maximum absolute atomic E-state index is 9.64. The molecule has 2 N–H and O–H groups in total. The number of aliphatic hydroxyl groups excluding tert-OH is 1. The van der Waals surface area contributed by atoms with Gasteiger partial charge in [-0.2, -0.15) is 0 Å². The highest BCUT2D eigenvalue weighted by atomic mass is 32.1. The number of hydrogen-bond donors (Lipinski definition) is 2. The molecule has 0 amide bonds. The average Bonchev–Trinajstić information content (AvgIpc) is 2.65. The summed E-state index contributed by atoms with van der Waals surface area (Å²) >= 11 is 1.59. The van der Waals surface area contributed by atoms with E-state index in [2.05, 4.69) is 5.32 Å². The molecule has 0 radical (unpaired) electrons. The van der Waals surface area contributed by atoms with Crippen molar-refractivity contribution in [3.63, 3.8) is 0 Å². The van der Waals surface area contributed by atoms with E-state index in [1.165, 1.54) is 0 Å². The van der Waals surface area contributed by atoms with Crippen LogP contribution in [0.3, 0.4) is 0 Å². The average molecular weight is 201 g/mol. The fraction of sp³-hybridized carbons (Fsp3) is 0.556. The molecule has 0 saturated carbocycles. The van der Waals surface area contributed by atoms with Crippen molar-refractivity contribution >= 4 is 11.3 Å². The SMILES string of the molecule is COCNCC[C@H](O)c1cccs1. The Hall–Kier alpha value is -0.420. The second-order valence-corrected chi connectivity index (χ2v) is 3.73. The second kappa shape index (κ2) is 6.10. The number of aliphatic hydroxyl groups is 1. The lowest BCUT2D eigenvalue weighted by Gasteiger charge is -2.08. The van der Waals surface area contributed by atoms with Crippen molar-refractivity contribution in [2.75, 3.05) is 20.4 Å². The van der Waals surface area contributed by atoms with Gasteiger partial charge in [-0.3, -0.25) is 5.32 Å². The van der Waals surface area contributed by atoms with Crippen LogP contribution in [0.15, 0.2) is 17.5 Å². The lowest BCUT2D eigenvalue weighted by atomic mass is 10.2. The molecule has 4 heteroatoms. The lowest BCUT2D eigenvalue weighted by molar-refractivity contribution is 0.148. The molecule has 0 aliphatic heterocycles. The van der Waals surface area contributed by atoms with E-state index < -0.39 is 0 Å². The van der Waals surface area contributed by atoms with Crippen LogP contribution in [0.2, 0.25) is 0 Å². The van der Waals surface area contributed by atoms with Gasteiger partial charge in [0.05, 0.1) is 12.8 Å². The van der Waals surface area contributed by atoms with Gasteiger partial charge in [0.1, 0.15) is 0 Å². The Bertz CT molecular complexity index is 213. The Morgan fingerprint density at radius 1 is 1.69 bits per heavy atom. The van der Waals surface area contributed by atoms with Gasteiger partial charge in [-0.1, -0.05) is 6.07 Å². The molecule has 0 saturated heterocycles. The molecular weight excluding hydrogens is 186 g/mol. The number of rotatable bonds is 6. The van der Waals surface area contributed by atoms with Crippen LogP contribution in [0.4, 0.5) is 0 Å². The van der Waals surface area contributed by atoms with E-state index >= 15 is 0 Å². The molecule has 0 aliphatic carbocycles. The van der Waals surface area contributed by atoms with Gasteiger partial charge in [-0.15, -0.1) is 11.3 Å². The smallest absolute Gasteiger partial charge is 0.0961 e. The van der Waals surface area contributed by atoms with Crippen molar-refractivity contribution < 1.29 is 9.84 Å². The molecule has 0 unspecified atom stereocenters. The molecule has 0 bridgehead atoms. The number of hydrogen-bond acceptors (Lipinski definition) is 4. The van der Waals surface area contributed by atoms with Crippen LogP contribution in [0.5, 0.6) is 0 Å². The van der Waals surface area contributed by atoms with Gasteiger partial charge in [0, 0.05) is 18.5 Å². The fourth-order valence-corrected chi connectivity index (χ4v) is 1.78. The third-order valence-electron chi connectivity index (χ3n) is 1.71. The summed E-state index contributed by atoms with van der Waals surface area (Å²) in [6, 6.07) is 3.90. The monoisotopic (exact) mass is 201 g/mol. The minimum Gasteiger partial charge on any atom is -0.388 e. The van der Waals surface area contributed by atoms with Crippen molar-refractivity contribution in [2.45, 2.75) is 12.5 Å². The summed E-state index contributed by atoms with van der Waals surface area (Å²) < 4.78 is 4.82. The van der Waals surface area contributed by atoms with Gasteiger partial charge in [-0.25, -0.2) is 0 Å². The summed E-state index contributed by atoms with van der Waals surface area (Å²) in [6.45, 7) is 1.31. The van der Waals surface area contributed by atoms with E-state index in [9.17, 15) is 5.11 Å². The van der Waals surface area contributed by atoms with Crippen molar-refractivity contribution in [3.05, 3.63) is 22.4 Å². The van der Waals surface area contributed by atoms with Crippen molar-refractivity contribution in [1.29, 1.82) is 0 Å². The van der Waals surface area contributed by atoms with Gasteiger partial charge >= 0.3 is 0 Å². The van der Waals surface area contributed by atoms with E-state index in [0.29, 0.717) is 6.73 Å². The third kappa shape index (κ3) is 3.87. The predicted octanol–water partition coefficient (Wildman–Crippen LogP) is 1.37. The van der Waals surface area contributed by atoms with Gasteiger partial charge in [0.25, 0.3) is 0 Å². The topological polar surface area (TPSA) is 41.5 Å². The van der Waals surface area contributed by atoms with Gasteiger partial charge < -0.3 is 9.84 Å². The van der Waals surface area contributed by atoms with E-state index in [-0.39, 0.29) is 6.10 Å². The molecule has 1 heterocycles. The molecule has 13 heavy (non-hydrogen) atoms. The number of methoxy groups -OCH3 is 1.